The Bertz CT molecular complexity index is 648. The van der Waals surface area contributed by atoms with Crippen molar-refractivity contribution in [3.05, 3.63) is 65.5 Å². The van der Waals surface area contributed by atoms with Crippen LogP contribution in [0.3, 0.4) is 0 Å². The van der Waals surface area contributed by atoms with Crippen LogP contribution in [0.25, 0.3) is 0 Å². The first kappa shape index (κ1) is 16.5. The van der Waals surface area contributed by atoms with Gasteiger partial charge < -0.3 is 5.73 Å². The molecule has 5 nitrogen and oxygen atoms in total. The molecule has 3 N–H and O–H groups in total. The van der Waals surface area contributed by atoms with E-state index in [1.165, 1.54) is 0 Å². The number of aromatic nitrogens is 1. The van der Waals surface area contributed by atoms with Gasteiger partial charge >= 0.3 is 0 Å². The average molecular weight is 345 g/mol. The van der Waals surface area contributed by atoms with Gasteiger partial charge in [-0.05, 0) is 24.3 Å². The van der Waals surface area contributed by atoms with E-state index in [2.05, 4.69) is 20.9 Å². The summed E-state index contributed by atoms with van der Waals surface area (Å²) in [5.74, 6) is 0.0857. The molecule has 2 aromatic rings. The fourth-order valence-electron chi connectivity index (χ4n) is 1.33. The maximum Gasteiger partial charge on any atom is 0.173 e. The number of hydrogen-bond acceptors (Lipinski definition) is 4. The molecule has 1 heterocycles. The second kappa shape index (κ2) is 8.61. The third-order valence-corrected chi connectivity index (χ3v) is 2.94. The fourth-order valence-corrected chi connectivity index (χ4v) is 1.65. The highest BCUT2D eigenvalue weighted by atomic mass is 79.9. The molecule has 6 heteroatoms. The van der Waals surface area contributed by atoms with Crippen molar-refractivity contribution in [2.75, 3.05) is 5.33 Å². The van der Waals surface area contributed by atoms with Gasteiger partial charge in [0, 0.05) is 23.5 Å². The number of ketones is 1. The summed E-state index contributed by atoms with van der Waals surface area (Å²) in [7, 11) is 0. The number of hydrogen-bond donors (Lipinski definition) is 2. The molecule has 0 aliphatic heterocycles. The summed E-state index contributed by atoms with van der Waals surface area (Å²) in [4.78, 5) is 14.9. The minimum Gasteiger partial charge on any atom is -0.384 e. The maximum atomic E-state index is 11.1. The quantitative estimate of drug-likeness (QED) is 0.386. The van der Waals surface area contributed by atoms with E-state index in [9.17, 15) is 4.79 Å². The second-order valence-corrected chi connectivity index (χ2v) is 4.46. The highest BCUT2D eigenvalue weighted by Gasteiger charge is 2.02. The predicted octanol–water partition coefficient (Wildman–Crippen LogP) is 2.50. The predicted molar refractivity (Wildman–Crippen MR) is 84.5 cm³/mol. The van der Waals surface area contributed by atoms with E-state index in [1.54, 1.807) is 48.8 Å². The number of amidine groups is 1. The van der Waals surface area contributed by atoms with Crippen molar-refractivity contribution < 1.29 is 4.79 Å². The van der Waals surface area contributed by atoms with Crippen LogP contribution in [0.15, 0.2) is 48.8 Å². The molecule has 106 valence electrons. The molecular weight excluding hydrogens is 332 g/mol. The number of nitrogens with zero attached hydrogens (tertiary/aromatic N) is 2. The van der Waals surface area contributed by atoms with Gasteiger partial charge in [-0.25, -0.2) is 0 Å². The molecule has 0 aliphatic carbocycles. The van der Waals surface area contributed by atoms with Gasteiger partial charge in [-0.1, -0.05) is 28.1 Å². The monoisotopic (exact) mass is 344 g/mol. The molecule has 0 bridgehead atoms. The van der Waals surface area contributed by atoms with Crippen molar-refractivity contribution >= 4 is 27.5 Å². The van der Waals surface area contributed by atoms with E-state index in [0.717, 1.165) is 0 Å². The molecule has 0 saturated carbocycles. The average Bonchev–Trinajstić information content (AvgIpc) is 2.55. The third kappa shape index (κ3) is 5.55. The minimum atomic E-state index is 0.0273. The fraction of sp³-hybridized carbons (Fsp3) is 0.0667. The van der Waals surface area contributed by atoms with E-state index in [0.29, 0.717) is 22.0 Å². The van der Waals surface area contributed by atoms with Crippen molar-refractivity contribution in [3.63, 3.8) is 0 Å². The Morgan fingerprint density at radius 3 is 2.33 bits per heavy atom. The largest absolute Gasteiger partial charge is 0.384 e. The highest BCUT2D eigenvalue weighted by Crippen LogP contribution is 2.05. The van der Waals surface area contributed by atoms with Crippen LogP contribution in [0.1, 0.15) is 21.5 Å². The number of nitrogens with one attached hydrogen (secondary N) is 1. The minimum absolute atomic E-state index is 0.0273. The standard InChI is InChI=1S/C9H6BrNO.C6H7N3/c10-5-9(12)8-3-1-7(6-11)2-4-8;7-6(8)5-2-1-3-9-4-5/h1-4H,5H2;1-4H,(H3,7,8). The lowest BCUT2D eigenvalue weighted by Gasteiger charge is -1.95. The normalized spacial score (nSPS) is 8.95. The molecule has 0 radical (unpaired) electrons. The molecule has 2 rings (SSSR count). The zero-order valence-corrected chi connectivity index (χ0v) is 12.7. The first-order valence-electron chi connectivity index (χ1n) is 5.92. The number of carbonyl (C=O) groups excluding carboxylic acids is 1. The molecule has 0 amide bonds. The Morgan fingerprint density at radius 1 is 1.29 bits per heavy atom. The highest BCUT2D eigenvalue weighted by molar-refractivity contribution is 9.09. The molecule has 0 aliphatic rings. The summed E-state index contributed by atoms with van der Waals surface area (Å²) >= 11 is 3.07. The topological polar surface area (TPSA) is 104 Å². The number of pyridine rings is 1. The van der Waals surface area contributed by atoms with Gasteiger partial charge in [0.15, 0.2) is 5.78 Å². The van der Waals surface area contributed by atoms with Crippen LogP contribution in [0.2, 0.25) is 0 Å². The number of alkyl halides is 1. The summed E-state index contributed by atoms with van der Waals surface area (Å²) in [6.45, 7) is 0. The van der Waals surface area contributed by atoms with E-state index in [-0.39, 0.29) is 11.6 Å². The van der Waals surface area contributed by atoms with Gasteiger partial charge in [0.2, 0.25) is 0 Å². The molecule has 0 saturated heterocycles. The number of benzene rings is 1. The Morgan fingerprint density at radius 2 is 1.95 bits per heavy atom. The lowest BCUT2D eigenvalue weighted by atomic mass is 10.1. The van der Waals surface area contributed by atoms with Crippen LogP contribution in [-0.2, 0) is 0 Å². The molecule has 21 heavy (non-hydrogen) atoms. The summed E-state index contributed by atoms with van der Waals surface area (Å²) in [5, 5.41) is 15.8. The summed E-state index contributed by atoms with van der Waals surface area (Å²) in [6, 6.07) is 12.1. The molecule has 1 aromatic heterocycles. The lowest BCUT2D eigenvalue weighted by molar-refractivity contribution is 0.102. The molecule has 0 spiro atoms. The molecule has 1 aromatic carbocycles. The van der Waals surface area contributed by atoms with Crippen LogP contribution < -0.4 is 5.73 Å². The SMILES string of the molecule is N#Cc1ccc(C(=O)CBr)cc1.N=C(N)c1cccnc1. The van der Waals surface area contributed by atoms with Gasteiger partial charge in [0.05, 0.1) is 17.0 Å². The van der Waals surface area contributed by atoms with Crippen LogP contribution >= 0.6 is 15.9 Å². The van der Waals surface area contributed by atoms with Gasteiger partial charge in [0.25, 0.3) is 0 Å². The van der Waals surface area contributed by atoms with Crippen molar-refractivity contribution in [1.29, 1.82) is 10.7 Å². The number of halogens is 1. The Balaban J connectivity index is 0.000000219. The number of carbonyl (C=O) groups is 1. The van der Waals surface area contributed by atoms with Gasteiger partial charge in [-0.2, -0.15) is 5.26 Å². The van der Waals surface area contributed by atoms with E-state index >= 15 is 0 Å². The van der Waals surface area contributed by atoms with Crippen molar-refractivity contribution in [1.82, 2.24) is 4.98 Å². The van der Waals surface area contributed by atoms with Crippen molar-refractivity contribution in [2.45, 2.75) is 0 Å². The maximum absolute atomic E-state index is 11.1. The number of nitrogens with two attached hydrogens (primary N) is 1. The third-order valence-electron chi connectivity index (χ3n) is 2.43. The smallest absolute Gasteiger partial charge is 0.173 e. The van der Waals surface area contributed by atoms with Gasteiger partial charge in [0.1, 0.15) is 5.84 Å². The van der Waals surface area contributed by atoms with Crippen molar-refractivity contribution in [3.8, 4) is 6.07 Å². The van der Waals surface area contributed by atoms with Gasteiger partial charge in [-0.15, -0.1) is 0 Å². The summed E-state index contributed by atoms with van der Waals surface area (Å²) in [5.41, 5.74) is 7.02. The van der Waals surface area contributed by atoms with E-state index in [1.807, 2.05) is 6.07 Å². The number of nitrogen functional groups attached to an aromatic ring is 1. The zero-order chi connectivity index (χ0) is 15.7. The van der Waals surface area contributed by atoms with Crippen LogP contribution in [0.4, 0.5) is 0 Å². The Labute approximate surface area is 131 Å². The number of Topliss-reactive ketones (excluding diaryl/α,β-unsaturated/α-hetero) is 1. The van der Waals surface area contributed by atoms with Crippen LogP contribution in [0, 0.1) is 16.7 Å². The van der Waals surface area contributed by atoms with Gasteiger partial charge in [-0.3, -0.25) is 15.2 Å². The summed E-state index contributed by atoms with van der Waals surface area (Å²) in [6.07, 6.45) is 3.20. The second-order valence-electron chi connectivity index (χ2n) is 3.90. The lowest BCUT2D eigenvalue weighted by Crippen LogP contribution is -2.10. The van der Waals surface area contributed by atoms with Crippen LogP contribution in [0.5, 0.6) is 0 Å². The first-order chi connectivity index (χ1) is 10.1. The number of rotatable bonds is 3. The molecule has 0 atom stereocenters. The molecule has 0 unspecified atom stereocenters. The zero-order valence-electron chi connectivity index (χ0n) is 11.1. The number of nitriles is 1. The summed E-state index contributed by atoms with van der Waals surface area (Å²) < 4.78 is 0. The van der Waals surface area contributed by atoms with Crippen molar-refractivity contribution in [2.24, 2.45) is 5.73 Å². The Kier molecular flexibility index (Phi) is 6.78. The van der Waals surface area contributed by atoms with E-state index in [4.69, 9.17) is 16.4 Å². The Hall–Kier alpha value is -2.52. The molecular formula is C15H13BrN4O. The van der Waals surface area contributed by atoms with Crippen LogP contribution in [-0.4, -0.2) is 21.9 Å². The first-order valence-corrected chi connectivity index (χ1v) is 7.04. The van der Waals surface area contributed by atoms with E-state index < -0.39 is 0 Å². The molecule has 0 fully saturated rings.